The molecule has 3 rings (SSSR count). The van der Waals surface area contributed by atoms with Gasteiger partial charge in [-0.15, -0.1) is 10.2 Å². The SMILES string of the molecule is COCCCNC(=O)CN(C)C(=O)c1ccc(-c2nnc(-c3cccc(C)c3)o2)cc1. The van der Waals surface area contributed by atoms with E-state index in [0.29, 0.717) is 36.1 Å². The molecule has 0 fully saturated rings. The fourth-order valence-electron chi connectivity index (χ4n) is 3.00. The van der Waals surface area contributed by atoms with Crippen LogP contribution in [0.25, 0.3) is 22.9 Å². The van der Waals surface area contributed by atoms with Gasteiger partial charge in [-0.25, -0.2) is 0 Å². The molecule has 3 aromatic rings. The highest BCUT2D eigenvalue weighted by atomic mass is 16.5. The summed E-state index contributed by atoms with van der Waals surface area (Å²) in [5, 5.41) is 11.0. The van der Waals surface area contributed by atoms with Gasteiger partial charge in [0.05, 0.1) is 6.54 Å². The molecule has 0 bridgehead atoms. The standard InChI is InChI=1S/C23H26N4O4/c1-16-6-4-7-19(14-16)22-26-25-21(31-22)17-8-10-18(11-9-17)23(29)27(2)15-20(28)24-12-5-13-30-3/h4,6-11,14H,5,12-13,15H2,1-3H3,(H,24,28). The smallest absolute Gasteiger partial charge is 0.254 e. The molecular formula is C23H26N4O4. The number of aryl methyl sites for hydroxylation is 1. The molecule has 8 heteroatoms. The number of hydrogen-bond acceptors (Lipinski definition) is 6. The van der Waals surface area contributed by atoms with Crippen molar-refractivity contribution in [1.29, 1.82) is 0 Å². The molecule has 1 aromatic heterocycles. The van der Waals surface area contributed by atoms with Gasteiger partial charge in [0.2, 0.25) is 17.7 Å². The predicted molar refractivity (Wildman–Crippen MR) is 116 cm³/mol. The van der Waals surface area contributed by atoms with E-state index in [1.807, 2.05) is 31.2 Å². The lowest BCUT2D eigenvalue weighted by molar-refractivity contribution is -0.121. The molecule has 0 atom stereocenters. The van der Waals surface area contributed by atoms with Crippen molar-refractivity contribution in [2.75, 3.05) is 33.9 Å². The monoisotopic (exact) mass is 422 g/mol. The van der Waals surface area contributed by atoms with E-state index in [4.69, 9.17) is 9.15 Å². The highest BCUT2D eigenvalue weighted by Gasteiger charge is 2.16. The molecule has 2 amide bonds. The maximum absolute atomic E-state index is 12.6. The Bertz CT molecular complexity index is 1030. The molecule has 0 aliphatic carbocycles. The predicted octanol–water partition coefficient (Wildman–Crippen LogP) is 2.94. The van der Waals surface area contributed by atoms with Crippen LogP contribution in [-0.2, 0) is 9.53 Å². The zero-order valence-corrected chi connectivity index (χ0v) is 17.9. The number of ether oxygens (including phenoxy) is 1. The average Bonchev–Trinajstić information content (AvgIpc) is 3.27. The maximum atomic E-state index is 12.6. The quantitative estimate of drug-likeness (QED) is 0.533. The van der Waals surface area contributed by atoms with E-state index in [0.717, 1.165) is 17.5 Å². The fourth-order valence-corrected chi connectivity index (χ4v) is 3.00. The summed E-state index contributed by atoms with van der Waals surface area (Å²) < 4.78 is 10.7. The van der Waals surface area contributed by atoms with Gasteiger partial charge in [0, 0.05) is 44.0 Å². The molecule has 0 saturated heterocycles. The Labute approximate surface area is 181 Å². The molecule has 162 valence electrons. The second-order valence-corrected chi connectivity index (χ2v) is 7.22. The van der Waals surface area contributed by atoms with Crippen molar-refractivity contribution in [3.8, 4) is 22.9 Å². The molecular weight excluding hydrogens is 396 g/mol. The van der Waals surface area contributed by atoms with Crippen molar-refractivity contribution in [3.63, 3.8) is 0 Å². The third-order valence-corrected chi connectivity index (χ3v) is 4.64. The van der Waals surface area contributed by atoms with Crippen molar-refractivity contribution in [3.05, 3.63) is 59.7 Å². The van der Waals surface area contributed by atoms with Crippen molar-refractivity contribution >= 4 is 11.8 Å². The van der Waals surface area contributed by atoms with Gasteiger partial charge in [0.15, 0.2) is 0 Å². The van der Waals surface area contributed by atoms with Crippen LogP contribution in [0.5, 0.6) is 0 Å². The second kappa shape index (κ2) is 10.5. The number of aromatic nitrogens is 2. The molecule has 0 saturated carbocycles. The van der Waals surface area contributed by atoms with E-state index in [2.05, 4.69) is 15.5 Å². The van der Waals surface area contributed by atoms with Gasteiger partial charge in [0.25, 0.3) is 5.91 Å². The topological polar surface area (TPSA) is 97.6 Å². The Hall–Kier alpha value is -3.52. The lowest BCUT2D eigenvalue weighted by Crippen LogP contribution is -2.38. The number of hydrogen-bond donors (Lipinski definition) is 1. The van der Waals surface area contributed by atoms with E-state index >= 15 is 0 Å². The van der Waals surface area contributed by atoms with E-state index in [9.17, 15) is 9.59 Å². The minimum Gasteiger partial charge on any atom is -0.416 e. The Morgan fingerprint density at radius 3 is 2.45 bits per heavy atom. The molecule has 0 aliphatic heterocycles. The highest BCUT2D eigenvalue weighted by molar-refractivity contribution is 5.96. The Morgan fingerprint density at radius 1 is 1.06 bits per heavy atom. The van der Waals surface area contributed by atoms with Crippen molar-refractivity contribution in [2.45, 2.75) is 13.3 Å². The van der Waals surface area contributed by atoms with Gasteiger partial charge < -0.3 is 19.4 Å². The van der Waals surface area contributed by atoms with Gasteiger partial charge >= 0.3 is 0 Å². The van der Waals surface area contributed by atoms with E-state index in [1.165, 1.54) is 4.90 Å². The van der Waals surface area contributed by atoms with Gasteiger partial charge in [-0.1, -0.05) is 17.7 Å². The van der Waals surface area contributed by atoms with Crippen LogP contribution in [0, 0.1) is 6.92 Å². The van der Waals surface area contributed by atoms with Crippen LogP contribution >= 0.6 is 0 Å². The molecule has 0 aliphatic rings. The molecule has 31 heavy (non-hydrogen) atoms. The van der Waals surface area contributed by atoms with Gasteiger partial charge in [-0.2, -0.15) is 0 Å². The number of nitrogens with one attached hydrogen (secondary N) is 1. The lowest BCUT2D eigenvalue weighted by Gasteiger charge is -2.17. The number of nitrogens with zero attached hydrogens (tertiary/aromatic N) is 3. The molecule has 0 unspecified atom stereocenters. The maximum Gasteiger partial charge on any atom is 0.254 e. The number of benzene rings is 2. The summed E-state index contributed by atoms with van der Waals surface area (Å²) >= 11 is 0. The molecule has 0 radical (unpaired) electrons. The summed E-state index contributed by atoms with van der Waals surface area (Å²) in [7, 11) is 3.21. The molecule has 1 N–H and O–H groups in total. The lowest BCUT2D eigenvalue weighted by atomic mass is 10.1. The second-order valence-electron chi connectivity index (χ2n) is 7.22. The van der Waals surface area contributed by atoms with Crippen molar-refractivity contribution in [2.24, 2.45) is 0 Å². The Balaban J connectivity index is 1.61. The largest absolute Gasteiger partial charge is 0.416 e. The Kier molecular flexibility index (Phi) is 7.50. The van der Waals surface area contributed by atoms with Crippen molar-refractivity contribution in [1.82, 2.24) is 20.4 Å². The van der Waals surface area contributed by atoms with Gasteiger partial charge in [0.1, 0.15) is 0 Å². The summed E-state index contributed by atoms with van der Waals surface area (Å²) in [6.45, 7) is 3.07. The van der Waals surface area contributed by atoms with Crippen LogP contribution in [0.2, 0.25) is 0 Å². The highest BCUT2D eigenvalue weighted by Crippen LogP contribution is 2.24. The van der Waals surface area contributed by atoms with Gasteiger partial charge in [-0.3, -0.25) is 9.59 Å². The number of carbonyl (C=O) groups is 2. The van der Waals surface area contributed by atoms with Gasteiger partial charge in [-0.05, 0) is 49.7 Å². The third kappa shape index (κ3) is 5.99. The molecule has 0 spiro atoms. The van der Waals surface area contributed by atoms with Crippen LogP contribution < -0.4 is 5.32 Å². The number of methoxy groups -OCH3 is 1. The van der Waals surface area contributed by atoms with Crippen LogP contribution in [0.15, 0.2) is 52.9 Å². The van der Waals surface area contributed by atoms with Crippen molar-refractivity contribution < 1.29 is 18.7 Å². The number of rotatable bonds is 9. The number of likely N-dealkylation sites (N-methyl/N-ethyl adjacent to an activating group) is 1. The summed E-state index contributed by atoms with van der Waals surface area (Å²) in [6.07, 6.45) is 0.725. The fraction of sp³-hybridized carbons (Fsp3) is 0.304. The minimum atomic E-state index is -0.246. The minimum absolute atomic E-state index is 0.0168. The zero-order chi connectivity index (χ0) is 22.2. The zero-order valence-electron chi connectivity index (χ0n) is 17.9. The summed E-state index contributed by atoms with van der Waals surface area (Å²) in [6, 6.07) is 14.7. The van der Waals surface area contributed by atoms with Crippen LogP contribution in [0.4, 0.5) is 0 Å². The van der Waals surface area contributed by atoms with E-state index < -0.39 is 0 Å². The molecule has 1 heterocycles. The summed E-state index contributed by atoms with van der Waals surface area (Å²) in [4.78, 5) is 25.9. The Morgan fingerprint density at radius 2 is 1.77 bits per heavy atom. The first-order valence-electron chi connectivity index (χ1n) is 10.00. The first-order valence-corrected chi connectivity index (χ1v) is 10.00. The number of carbonyl (C=O) groups excluding carboxylic acids is 2. The molecule has 2 aromatic carbocycles. The first-order chi connectivity index (χ1) is 15.0. The number of amides is 2. The third-order valence-electron chi connectivity index (χ3n) is 4.64. The van der Waals surface area contributed by atoms with E-state index in [-0.39, 0.29) is 18.4 Å². The van der Waals surface area contributed by atoms with Crippen LogP contribution in [-0.4, -0.2) is 60.8 Å². The van der Waals surface area contributed by atoms with Crippen LogP contribution in [0.1, 0.15) is 22.3 Å². The van der Waals surface area contributed by atoms with E-state index in [1.54, 1.807) is 38.4 Å². The summed E-state index contributed by atoms with van der Waals surface area (Å²) in [5.74, 6) is 0.358. The normalized spacial score (nSPS) is 10.7. The van der Waals surface area contributed by atoms with Crippen LogP contribution in [0.3, 0.4) is 0 Å². The average molecular weight is 422 g/mol. The molecule has 8 nitrogen and oxygen atoms in total. The first kappa shape index (κ1) is 22.2. The summed E-state index contributed by atoms with van der Waals surface area (Å²) in [5.41, 5.74) is 3.14.